The lowest BCUT2D eigenvalue weighted by molar-refractivity contribution is 0.0935. The Morgan fingerprint density at radius 2 is 2.33 bits per heavy atom. The van der Waals surface area contributed by atoms with Crippen LogP contribution in [0.3, 0.4) is 0 Å². The maximum Gasteiger partial charge on any atom is 0.262 e. The van der Waals surface area contributed by atoms with Gasteiger partial charge in [-0.2, -0.15) is 0 Å². The third-order valence-electron chi connectivity index (χ3n) is 1.92. The number of amides is 1. The second-order valence-electron chi connectivity index (χ2n) is 3.54. The highest BCUT2D eigenvalue weighted by Crippen LogP contribution is 2.10. The third kappa shape index (κ3) is 2.69. The van der Waals surface area contributed by atoms with E-state index < -0.39 is 5.54 Å². The minimum Gasteiger partial charge on any atom is -0.409 e. The van der Waals surface area contributed by atoms with Gasteiger partial charge in [-0.05, 0) is 25.3 Å². The number of rotatable bonds is 3. The van der Waals surface area contributed by atoms with Crippen LogP contribution < -0.4 is 11.1 Å². The molecule has 0 fully saturated rings. The van der Waals surface area contributed by atoms with Gasteiger partial charge in [0.05, 0.1) is 10.4 Å². The molecular weight excluding hydrogens is 214 g/mol. The summed E-state index contributed by atoms with van der Waals surface area (Å²) in [5, 5.41) is 15.9. The molecule has 0 saturated heterocycles. The Morgan fingerprint density at radius 1 is 1.67 bits per heavy atom. The summed E-state index contributed by atoms with van der Waals surface area (Å²) < 4.78 is 0. The fourth-order valence-electron chi connectivity index (χ4n) is 0.942. The zero-order valence-electron chi connectivity index (χ0n) is 8.52. The number of hydrogen-bond donors (Lipinski definition) is 3. The van der Waals surface area contributed by atoms with E-state index in [-0.39, 0.29) is 11.7 Å². The number of thiophene rings is 1. The highest BCUT2D eigenvalue weighted by Gasteiger charge is 2.26. The number of hydrogen-bond acceptors (Lipinski definition) is 4. The van der Waals surface area contributed by atoms with Crippen LogP contribution in [0.1, 0.15) is 23.5 Å². The lowest BCUT2D eigenvalue weighted by atomic mass is 10.0. The Hall–Kier alpha value is -1.56. The standard InChI is InChI=1S/C9H13N3O2S/c1-9(2,8(10)12-14)11-7(13)6-4-3-5-15-6/h3-5,14H,1-2H3,(H2,10,12)(H,11,13). The molecule has 0 aliphatic carbocycles. The van der Waals surface area contributed by atoms with Gasteiger partial charge < -0.3 is 16.3 Å². The minimum absolute atomic E-state index is 0.0348. The number of amidine groups is 1. The van der Waals surface area contributed by atoms with Crippen LogP contribution in [0, 0.1) is 0 Å². The Labute approximate surface area is 91.6 Å². The molecular formula is C9H13N3O2S. The first kappa shape index (κ1) is 11.5. The van der Waals surface area contributed by atoms with Crippen molar-refractivity contribution in [2.75, 3.05) is 0 Å². The molecule has 1 heterocycles. The van der Waals surface area contributed by atoms with E-state index in [1.807, 2.05) is 5.38 Å². The number of oxime groups is 1. The Kier molecular flexibility index (Phi) is 3.31. The molecule has 0 saturated carbocycles. The summed E-state index contributed by atoms with van der Waals surface area (Å²) in [5.74, 6) is -0.269. The van der Waals surface area contributed by atoms with Gasteiger partial charge in [-0.1, -0.05) is 11.2 Å². The van der Waals surface area contributed by atoms with E-state index in [0.29, 0.717) is 4.88 Å². The highest BCUT2D eigenvalue weighted by molar-refractivity contribution is 7.12. The number of carbonyl (C=O) groups excluding carboxylic acids is 1. The molecule has 6 heteroatoms. The number of carbonyl (C=O) groups is 1. The smallest absolute Gasteiger partial charge is 0.262 e. The van der Waals surface area contributed by atoms with Gasteiger partial charge in [0.25, 0.3) is 5.91 Å². The van der Waals surface area contributed by atoms with Gasteiger partial charge in [0.1, 0.15) is 0 Å². The zero-order chi connectivity index (χ0) is 11.5. The van der Waals surface area contributed by atoms with E-state index in [0.717, 1.165) is 0 Å². The van der Waals surface area contributed by atoms with Crippen LogP contribution in [-0.4, -0.2) is 22.5 Å². The first-order valence-corrected chi connectivity index (χ1v) is 5.19. The van der Waals surface area contributed by atoms with Crippen molar-refractivity contribution < 1.29 is 10.0 Å². The van der Waals surface area contributed by atoms with Gasteiger partial charge in [-0.3, -0.25) is 4.79 Å². The fourth-order valence-corrected chi connectivity index (χ4v) is 1.56. The Balaban J connectivity index is 2.75. The number of nitrogens with zero attached hydrogens (tertiary/aromatic N) is 1. The van der Waals surface area contributed by atoms with Crippen molar-refractivity contribution in [3.8, 4) is 0 Å². The molecule has 0 aliphatic heterocycles. The van der Waals surface area contributed by atoms with E-state index in [1.54, 1.807) is 26.0 Å². The number of nitrogens with one attached hydrogen (secondary N) is 1. The zero-order valence-corrected chi connectivity index (χ0v) is 9.34. The van der Waals surface area contributed by atoms with Crippen LogP contribution in [0.2, 0.25) is 0 Å². The van der Waals surface area contributed by atoms with Crippen LogP contribution in [0.15, 0.2) is 22.7 Å². The average Bonchev–Trinajstić information content (AvgIpc) is 2.68. The SMILES string of the molecule is CC(C)(NC(=O)c1cccs1)/C(N)=N/O. The fraction of sp³-hybridized carbons (Fsp3) is 0.333. The van der Waals surface area contributed by atoms with Gasteiger partial charge in [-0.25, -0.2) is 0 Å². The van der Waals surface area contributed by atoms with E-state index in [2.05, 4.69) is 10.5 Å². The van der Waals surface area contributed by atoms with Crippen molar-refractivity contribution in [3.63, 3.8) is 0 Å². The predicted octanol–water partition coefficient (Wildman–Crippen LogP) is 1.00. The molecule has 1 rings (SSSR count). The van der Waals surface area contributed by atoms with Crippen LogP contribution >= 0.6 is 11.3 Å². The molecule has 0 aliphatic rings. The molecule has 1 amide bonds. The number of nitrogens with two attached hydrogens (primary N) is 1. The molecule has 15 heavy (non-hydrogen) atoms. The molecule has 0 bridgehead atoms. The van der Waals surface area contributed by atoms with Crippen molar-refractivity contribution in [3.05, 3.63) is 22.4 Å². The van der Waals surface area contributed by atoms with Crippen LogP contribution in [-0.2, 0) is 0 Å². The summed E-state index contributed by atoms with van der Waals surface area (Å²) in [6.07, 6.45) is 0. The summed E-state index contributed by atoms with van der Waals surface area (Å²) >= 11 is 1.34. The van der Waals surface area contributed by atoms with Gasteiger partial charge >= 0.3 is 0 Å². The molecule has 0 spiro atoms. The highest BCUT2D eigenvalue weighted by atomic mass is 32.1. The second kappa shape index (κ2) is 4.31. The van der Waals surface area contributed by atoms with Crippen molar-refractivity contribution in [1.82, 2.24) is 5.32 Å². The predicted molar refractivity (Wildman–Crippen MR) is 59.3 cm³/mol. The van der Waals surface area contributed by atoms with Crippen molar-refractivity contribution >= 4 is 23.1 Å². The first-order valence-electron chi connectivity index (χ1n) is 4.31. The summed E-state index contributed by atoms with van der Waals surface area (Å²) in [6.45, 7) is 3.32. The quantitative estimate of drug-likeness (QED) is 0.311. The van der Waals surface area contributed by atoms with E-state index >= 15 is 0 Å². The van der Waals surface area contributed by atoms with Crippen LogP contribution in [0.25, 0.3) is 0 Å². The van der Waals surface area contributed by atoms with Crippen LogP contribution in [0.4, 0.5) is 0 Å². The lowest BCUT2D eigenvalue weighted by Crippen LogP contribution is -2.53. The monoisotopic (exact) mass is 227 g/mol. The lowest BCUT2D eigenvalue weighted by Gasteiger charge is -2.23. The second-order valence-corrected chi connectivity index (χ2v) is 4.49. The van der Waals surface area contributed by atoms with Gasteiger partial charge in [0, 0.05) is 0 Å². The Bertz CT molecular complexity index is 371. The Morgan fingerprint density at radius 3 is 2.80 bits per heavy atom. The van der Waals surface area contributed by atoms with Crippen molar-refractivity contribution in [1.29, 1.82) is 0 Å². The minimum atomic E-state index is -0.865. The van der Waals surface area contributed by atoms with Gasteiger partial charge in [-0.15, -0.1) is 11.3 Å². The summed E-state index contributed by atoms with van der Waals surface area (Å²) in [5.41, 5.74) is 4.58. The molecule has 5 nitrogen and oxygen atoms in total. The van der Waals surface area contributed by atoms with Crippen molar-refractivity contribution in [2.45, 2.75) is 19.4 Å². The molecule has 0 radical (unpaired) electrons. The van der Waals surface area contributed by atoms with Gasteiger partial charge in [0.2, 0.25) is 0 Å². The van der Waals surface area contributed by atoms with E-state index in [9.17, 15) is 4.79 Å². The molecule has 4 N–H and O–H groups in total. The largest absolute Gasteiger partial charge is 0.409 e. The molecule has 1 aromatic rings. The average molecular weight is 227 g/mol. The van der Waals surface area contributed by atoms with Crippen LogP contribution in [0.5, 0.6) is 0 Å². The maximum absolute atomic E-state index is 11.6. The third-order valence-corrected chi connectivity index (χ3v) is 2.79. The van der Waals surface area contributed by atoms with Gasteiger partial charge in [0.15, 0.2) is 5.84 Å². The first-order chi connectivity index (χ1) is 6.97. The summed E-state index contributed by atoms with van der Waals surface area (Å²) in [6, 6.07) is 3.50. The summed E-state index contributed by atoms with van der Waals surface area (Å²) in [4.78, 5) is 12.2. The molecule has 82 valence electrons. The van der Waals surface area contributed by atoms with E-state index in [4.69, 9.17) is 10.9 Å². The maximum atomic E-state index is 11.6. The molecule has 0 aromatic carbocycles. The topological polar surface area (TPSA) is 87.7 Å². The molecule has 1 aromatic heterocycles. The summed E-state index contributed by atoms with van der Waals surface area (Å²) in [7, 11) is 0. The molecule has 0 atom stereocenters. The van der Waals surface area contributed by atoms with E-state index in [1.165, 1.54) is 11.3 Å². The normalized spacial score (nSPS) is 12.5. The van der Waals surface area contributed by atoms with Crippen molar-refractivity contribution in [2.24, 2.45) is 10.9 Å². The molecule has 0 unspecified atom stereocenters.